The highest BCUT2D eigenvalue weighted by Gasteiger charge is 2.21. The van der Waals surface area contributed by atoms with Crippen molar-refractivity contribution in [2.75, 3.05) is 14.2 Å². The van der Waals surface area contributed by atoms with Gasteiger partial charge < -0.3 is 14.6 Å². The molecule has 3 aromatic rings. The highest BCUT2D eigenvalue weighted by Crippen LogP contribution is 2.33. The Morgan fingerprint density at radius 1 is 0.900 bits per heavy atom. The van der Waals surface area contributed by atoms with E-state index in [1.54, 1.807) is 12.1 Å². The van der Waals surface area contributed by atoms with Gasteiger partial charge in [0, 0.05) is 22.4 Å². The minimum Gasteiger partial charge on any atom is -0.497 e. The summed E-state index contributed by atoms with van der Waals surface area (Å²) in [6.07, 6.45) is 0. The van der Waals surface area contributed by atoms with E-state index in [9.17, 15) is 13.5 Å². The van der Waals surface area contributed by atoms with Gasteiger partial charge in [0.25, 0.3) is 0 Å². The van der Waals surface area contributed by atoms with Crippen LogP contribution in [0.2, 0.25) is 0 Å². The Hall–Kier alpha value is -2.52. The fraction of sp³-hybridized carbons (Fsp3) is 0.182. The van der Waals surface area contributed by atoms with Crippen LogP contribution in [0.4, 0.5) is 0 Å². The maximum Gasteiger partial charge on any atom is 0.244 e. The number of ether oxygens (including phenoxy) is 2. The molecule has 0 bridgehead atoms. The first-order valence-electron chi connectivity index (χ1n) is 9.14. The van der Waals surface area contributed by atoms with Gasteiger partial charge >= 0.3 is 0 Å². The van der Waals surface area contributed by atoms with Crippen LogP contribution in [-0.4, -0.2) is 27.7 Å². The molecule has 0 amide bonds. The fourth-order valence-corrected chi connectivity index (χ4v) is 5.10. The molecular weight excluding hydrogens is 422 g/mol. The third kappa shape index (κ3) is 5.14. The summed E-state index contributed by atoms with van der Waals surface area (Å²) in [7, 11) is -0.943. The van der Waals surface area contributed by atoms with Crippen molar-refractivity contribution in [3.05, 3.63) is 77.9 Å². The third-order valence-electron chi connectivity index (χ3n) is 4.45. The Morgan fingerprint density at radius 2 is 1.53 bits per heavy atom. The molecular formula is C22H23NO5S2. The first kappa shape index (κ1) is 22.2. The molecule has 158 valence electrons. The standard InChI is InChI=1S/C22H23NO5S2/c1-27-18-11-12-19(28-2)22(13-18)30(25,26)23-14-16-7-3-5-9-20(16)29-21-10-6-4-8-17(21)15-24/h3-13,23-24H,14-15H2,1-2H3. The molecule has 3 aromatic carbocycles. The Kier molecular flexibility index (Phi) is 7.38. The van der Waals surface area contributed by atoms with E-state index >= 15 is 0 Å². The summed E-state index contributed by atoms with van der Waals surface area (Å²) in [5, 5.41) is 9.57. The van der Waals surface area contributed by atoms with Gasteiger partial charge in [-0.3, -0.25) is 0 Å². The minimum absolute atomic E-state index is 0.0140. The van der Waals surface area contributed by atoms with Crippen molar-refractivity contribution in [3.8, 4) is 11.5 Å². The van der Waals surface area contributed by atoms with Gasteiger partial charge in [0.1, 0.15) is 16.4 Å². The van der Waals surface area contributed by atoms with E-state index in [4.69, 9.17) is 9.47 Å². The summed E-state index contributed by atoms with van der Waals surface area (Å²) >= 11 is 1.49. The van der Waals surface area contributed by atoms with E-state index in [0.29, 0.717) is 5.75 Å². The van der Waals surface area contributed by atoms with Crippen LogP contribution in [0, 0.1) is 0 Å². The predicted molar refractivity (Wildman–Crippen MR) is 117 cm³/mol. The normalized spacial score (nSPS) is 11.3. The van der Waals surface area contributed by atoms with Gasteiger partial charge in [0.2, 0.25) is 10.0 Å². The molecule has 0 fully saturated rings. The lowest BCUT2D eigenvalue weighted by Gasteiger charge is -2.14. The molecule has 0 aliphatic carbocycles. The minimum atomic E-state index is -3.84. The van der Waals surface area contributed by atoms with Crippen LogP contribution < -0.4 is 14.2 Å². The van der Waals surface area contributed by atoms with Gasteiger partial charge in [-0.05, 0) is 35.4 Å². The van der Waals surface area contributed by atoms with E-state index in [-0.39, 0.29) is 23.8 Å². The van der Waals surface area contributed by atoms with Gasteiger partial charge in [-0.15, -0.1) is 0 Å². The van der Waals surface area contributed by atoms with Crippen LogP contribution in [0.5, 0.6) is 11.5 Å². The molecule has 0 unspecified atom stereocenters. The first-order chi connectivity index (χ1) is 14.5. The quantitative estimate of drug-likeness (QED) is 0.521. The molecule has 0 heterocycles. The van der Waals surface area contributed by atoms with Crippen LogP contribution in [0.3, 0.4) is 0 Å². The Bertz CT molecular complexity index is 1120. The molecule has 8 heteroatoms. The van der Waals surface area contributed by atoms with Crippen molar-refractivity contribution in [1.82, 2.24) is 4.72 Å². The van der Waals surface area contributed by atoms with Crippen LogP contribution in [-0.2, 0) is 23.2 Å². The number of hydrogen-bond donors (Lipinski definition) is 2. The van der Waals surface area contributed by atoms with Crippen LogP contribution in [0.25, 0.3) is 0 Å². The van der Waals surface area contributed by atoms with Gasteiger partial charge in [-0.2, -0.15) is 0 Å². The van der Waals surface area contributed by atoms with E-state index < -0.39 is 10.0 Å². The summed E-state index contributed by atoms with van der Waals surface area (Å²) in [6.45, 7) is 0.0424. The topological polar surface area (TPSA) is 84.9 Å². The number of hydrogen-bond acceptors (Lipinski definition) is 6. The van der Waals surface area contributed by atoms with Crippen molar-refractivity contribution in [1.29, 1.82) is 0 Å². The molecule has 0 aromatic heterocycles. The average Bonchev–Trinajstić information content (AvgIpc) is 2.78. The van der Waals surface area contributed by atoms with Gasteiger partial charge in [0.15, 0.2) is 0 Å². The second-order valence-electron chi connectivity index (χ2n) is 6.32. The number of rotatable bonds is 9. The second-order valence-corrected chi connectivity index (χ2v) is 9.14. The van der Waals surface area contributed by atoms with Crippen molar-refractivity contribution >= 4 is 21.8 Å². The van der Waals surface area contributed by atoms with Crippen molar-refractivity contribution in [2.45, 2.75) is 27.8 Å². The molecule has 30 heavy (non-hydrogen) atoms. The summed E-state index contributed by atoms with van der Waals surface area (Å²) in [4.78, 5) is 1.84. The van der Waals surface area contributed by atoms with Gasteiger partial charge in [0.05, 0.1) is 20.8 Å². The highest BCUT2D eigenvalue weighted by atomic mass is 32.2. The number of benzene rings is 3. The Balaban J connectivity index is 1.84. The van der Waals surface area contributed by atoms with Crippen LogP contribution in [0.15, 0.2) is 81.4 Å². The molecule has 3 rings (SSSR count). The summed E-state index contributed by atoms with van der Waals surface area (Å²) in [6, 6.07) is 19.7. The first-order valence-corrected chi connectivity index (χ1v) is 11.4. The largest absolute Gasteiger partial charge is 0.497 e. The molecule has 0 aliphatic rings. The molecule has 0 saturated carbocycles. The molecule has 0 spiro atoms. The number of aliphatic hydroxyl groups excluding tert-OH is 1. The number of sulfonamides is 1. The number of methoxy groups -OCH3 is 2. The predicted octanol–water partition coefficient (Wildman–Crippen LogP) is 3.83. The zero-order valence-electron chi connectivity index (χ0n) is 16.7. The highest BCUT2D eigenvalue weighted by molar-refractivity contribution is 7.99. The van der Waals surface area contributed by atoms with Gasteiger partial charge in [-0.25, -0.2) is 13.1 Å². The molecule has 0 aliphatic heterocycles. The summed E-state index contributed by atoms with van der Waals surface area (Å²) < 4.78 is 38.9. The third-order valence-corrected chi connectivity index (χ3v) is 7.11. The van der Waals surface area contributed by atoms with Crippen molar-refractivity contribution in [3.63, 3.8) is 0 Å². The SMILES string of the molecule is COc1ccc(OC)c(S(=O)(=O)NCc2ccccc2Sc2ccccc2CO)c1. The fourth-order valence-electron chi connectivity index (χ4n) is 2.85. The van der Waals surface area contributed by atoms with E-state index in [0.717, 1.165) is 20.9 Å². The molecule has 6 nitrogen and oxygen atoms in total. The summed E-state index contributed by atoms with van der Waals surface area (Å²) in [5.41, 5.74) is 1.64. The van der Waals surface area contributed by atoms with E-state index in [1.165, 1.54) is 32.0 Å². The maximum atomic E-state index is 12.9. The molecule has 2 N–H and O–H groups in total. The molecule has 0 radical (unpaired) electrons. The van der Waals surface area contributed by atoms with Gasteiger partial charge in [-0.1, -0.05) is 48.2 Å². The van der Waals surface area contributed by atoms with Crippen molar-refractivity contribution in [2.24, 2.45) is 0 Å². The molecule has 0 atom stereocenters. The smallest absolute Gasteiger partial charge is 0.244 e. The Labute approximate surface area is 180 Å². The van der Waals surface area contributed by atoms with E-state index in [1.807, 2.05) is 48.5 Å². The maximum absolute atomic E-state index is 12.9. The monoisotopic (exact) mass is 445 g/mol. The lowest BCUT2D eigenvalue weighted by Crippen LogP contribution is -2.24. The zero-order valence-corrected chi connectivity index (χ0v) is 18.3. The number of nitrogens with one attached hydrogen (secondary N) is 1. The Morgan fingerprint density at radius 3 is 2.17 bits per heavy atom. The second kappa shape index (κ2) is 9.99. The lowest BCUT2D eigenvalue weighted by molar-refractivity contribution is 0.279. The average molecular weight is 446 g/mol. The van der Waals surface area contributed by atoms with Crippen molar-refractivity contribution < 1.29 is 23.0 Å². The zero-order chi connectivity index (χ0) is 21.6. The summed E-state index contributed by atoms with van der Waals surface area (Å²) in [5.74, 6) is 0.663. The van der Waals surface area contributed by atoms with E-state index in [2.05, 4.69) is 4.72 Å². The lowest BCUT2D eigenvalue weighted by atomic mass is 10.2. The van der Waals surface area contributed by atoms with Crippen LogP contribution in [0.1, 0.15) is 11.1 Å². The number of aliphatic hydroxyl groups is 1. The molecule has 0 saturated heterocycles. The van der Waals surface area contributed by atoms with Crippen LogP contribution >= 0.6 is 11.8 Å².